The van der Waals surface area contributed by atoms with Crippen molar-refractivity contribution in [3.63, 3.8) is 0 Å². The smallest absolute Gasteiger partial charge is 0.407 e. The number of alkyl carbamates (subject to hydrolysis) is 1. The first-order valence-electron chi connectivity index (χ1n) is 11.5. The summed E-state index contributed by atoms with van der Waals surface area (Å²) in [4.78, 5) is 38.6. The van der Waals surface area contributed by atoms with Crippen LogP contribution in [-0.4, -0.2) is 61.9 Å². The third-order valence-corrected chi connectivity index (χ3v) is 6.53. The zero-order valence-electron chi connectivity index (χ0n) is 19.0. The van der Waals surface area contributed by atoms with E-state index in [1.165, 1.54) is 0 Å². The maximum Gasteiger partial charge on any atom is 0.407 e. The van der Waals surface area contributed by atoms with E-state index in [2.05, 4.69) is 15.5 Å². The Hall–Kier alpha value is -4.21. The average molecular weight is 476 g/mol. The van der Waals surface area contributed by atoms with Gasteiger partial charge in [0, 0.05) is 25.4 Å². The molecule has 2 heterocycles. The second-order valence-electron chi connectivity index (χ2n) is 8.66. The van der Waals surface area contributed by atoms with Gasteiger partial charge in [-0.05, 0) is 28.7 Å². The molecule has 0 saturated carbocycles. The molecule has 2 aliphatic rings. The molecule has 2 amide bonds. The minimum absolute atomic E-state index is 0.0401. The molecule has 3 aromatic rings. The summed E-state index contributed by atoms with van der Waals surface area (Å²) in [6.45, 7) is 1.30. The van der Waals surface area contributed by atoms with Crippen molar-refractivity contribution in [3.05, 3.63) is 71.8 Å². The number of nitrogens with one attached hydrogen (secondary N) is 1. The number of carbonyl (C=O) groups is 3. The fourth-order valence-corrected chi connectivity index (χ4v) is 4.78. The molecule has 2 N–H and O–H groups in total. The van der Waals surface area contributed by atoms with E-state index in [-0.39, 0.29) is 37.8 Å². The van der Waals surface area contributed by atoms with Crippen LogP contribution in [0.15, 0.2) is 54.9 Å². The number of aromatic nitrogens is 3. The normalized spacial score (nSPS) is 15.0. The molecular formula is C25H25N5O5. The molecule has 180 valence electrons. The first kappa shape index (κ1) is 22.6. The lowest BCUT2D eigenvalue weighted by atomic mass is 9.98. The SMILES string of the molecule is O=C(O)CCC(NC(=O)OCC1c2ccccc2-c2ccccc21)C(=O)N1CCn2cnnc2C1. The van der Waals surface area contributed by atoms with E-state index in [9.17, 15) is 14.4 Å². The van der Waals surface area contributed by atoms with Crippen LogP contribution in [0, 0.1) is 0 Å². The van der Waals surface area contributed by atoms with Crippen LogP contribution in [0.2, 0.25) is 0 Å². The number of aliphatic carboxylic acids is 1. The summed E-state index contributed by atoms with van der Waals surface area (Å²) in [6.07, 6.45) is 0.551. The highest BCUT2D eigenvalue weighted by Gasteiger charge is 2.32. The van der Waals surface area contributed by atoms with Gasteiger partial charge in [-0.3, -0.25) is 9.59 Å². The van der Waals surface area contributed by atoms with Crippen LogP contribution >= 0.6 is 0 Å². The Bertz CT molecular complexity index is 1230. The molecule has 1 unspecified atom stereocenters. The summed E-state index contributed by atoms with van der Waals surface area (Å²) in [5, 5.41) is 19.6. The van der Waals surface area contributed by atoms with Crippen LogP contribution in [-0.2, 0) is 27.4 Å². The number of carboxylic acid groups (broad SMARTS) is 1. The fourth-order valence-electron chi connectivity index (χ4n) is 4.78. The van der Waals surface area contributed by atoms with Gasteiger partial charge in [0.15, 0.2) is 5.82 Å². The number of amides is 2. The molecule has 0 saturated heterocycles. The number of carboxylic acids is 1. The molecule has 35 heavy (non-hydrogen) atoms. The molecule has 0 bridgehead atoms. The number of benzene rings is 2. The number of fused-ring (bicyclic) bond motifs is 4. The van der Waals surface area contributed by atoms with E-state index >= 15 is 0 Å². The van der Waals surface area contributed by atoms with Crippen molar-refractivity contribution in [2.24, 2.45) is 0 Å². The summed E-state index contributed by atoms with van der Waals surface area (Å²) >= 11 is 0. The monoisotopic (exact) mass is 475 g/mol. The van der Waals surface area contributed by atoms with E-state index in [0.717, 1.165) is 22.3 Å². The van der Waals surface area contributed by atoms with Crippen LogP contribution in [0.4, 0.5) is 4.79 Å². The summed E-state index contributed by atoms with van der Waals surface area (Å²) in [6, 6.07) is 15.0. The van der Waals surface area contributed by atoms with Gasteiger partial charge < -0.3 is 24.6 Å². The fraction of sp³-hybridized carbons (Fsp3) is 0.320. The number of nitrogens with zero attached hydrogens (tertiary/aromatic N) is 4. The van der Waals surface area contributed by atoms with Gasteiger partial charge in [0.1, 0.15) is 19.0 Å². The number of hydrogen-bond donors (Lipinski definition) is 2. The largest absolute Gasteiger partial charge is 0.481 e. The number of rotatable bonds is 7. The molecule has 0 radical (unpaired) electrons. The van der Waals surface area contributed by atoms with Gasteiger partial charge in [-0.15, -0.1) is 10.2 Å². The molecule has 1 atom stereocenters. The Kier molecular flexibility index (Phi) is 6.17. The predicted octanol–water partition coefficient (Wildman–Crippen LogP) is 2.39. The number of ether oxygens (including phenoxy) is 1. The average Bonchev–Trinajstić information content (AvgIpc) is 3.47. The molecule has 1 aromatic heterocycles. The molecule has 5 rings (SSSR count). The molecule has 0 fully saturated rings. The van der Waals surface area contributed by atoms with Gasteiger partial charge in [-0.2, -0.15) is 0 Å². The minimum atomic E-state index is -1.05. The van der Waals surface area contributed by atoms with Gasteiger partial charge in [-0.1, -0.05) is 48.5 Å². The highest BCUT2D eigenvalue weighted by Crippen LogP contribution is 2.44. The topological polar surface area (TPSA) is 127 Å². The van der Waals surface area contributed by atoms with Crippen molar-refractivity contribution >= 4 is 18.0 Å². The maximum atomic E-state index is 13.2. The third kappa shape index (κ3) is 4.59. The van der Waals surface area contributed by atoms with Crippen molar-refractivity contribution in [2.45, 2.75) is 37.9 Å². The second kappa shape index (κ2) is 9.57. The lowest BCUT2D eigenvalue weighted by Gasteiger charge is -2.30. The maximum absolute atomic E-state index is 13.2. The molecule has 1 aliphatic heterocycles. The zero-order chi connectivity index (χ0) is 24.4. The highest BCUT2D eigenvalue weighted by atomic mass is 16.5. The van der Waals surface area contributed by atoms with Crippen molar-refractivity contribution in [1.29, 1.82) is 0 Å². The Morgan fingerprint density at radius 1 is 1.06 bits per heavy atom. The predicted molar refractivity (Wildman–Crippen MR) is 124 cm³/mol. The summed E-state index contributed by atoms with van der Waals surface area (Å²) in [5.74, 6) is -0.887. The Balaban J connectivity index is 1.26. The van der Waals surface area contributed by atoms with Crippen molar-refractivity contribution in [1.82, 2.24) is 25.0 Å². The van der Waals surface area contributed by atoms with Crippen LogP contribution in [0.5, 0.6) is 0 Å². The lowest BCUT2D eigenvalue weighted by molar-refractivity contribution is -0.138. The first-order valence-corrected chi connectivity index (χ1v) is 11.5. The van der Waals surface area contributed by atoms with Gasteiger partial charge in [0.05, 0.1) is 6.54 Å². The molecular weight excluding hydrogens is 450 g/mol. The first-order chi connectivity index (χ1) is 17.0. The van der Waals surface area contributed by atoms with Crippen LogP contribution in [0.1, 0.15) is 35.7 Å². The Labute approximate surface area is 201 Å². The molecule has 10 heteroatoms. The third-order valence-electron chi connectivity index (χ3n) is 6.53. The summed E-state index contributed by atoms with van der Waals surface area (Å²) in [7, 11) is 0. The van der Waals surface area contributed by atoms with Crippen LogP contribution in [0.25, 0.3) is 11.1 Å². The molecule has 2 aromatic carbocycles. The Morgan fingerprint density at radius 3 is 2.43 bits per heavy atom. The van der Waals surface area contributed by atoms with Crippen LogP contribution in [0.3, 0.4) is 0 Å². The second-order valence-corrected chi connectivity index (χ2v) is 8.66. The summed E-state index contributed by atoms with van der Waals surface area (Å²) in [5.41, 5.74) is 4.39. The van der Waals surface area contributed by atoms with Gasteiger partial charge >= 0.3 is 12.1 Å². The van der Waals surface area contributed by atoms with E-state index in [0.29, 0.717) is 18.9 Å². The van der Waals surface area contributed by atoms with Crippen molar-refractivity contribution < 1.29 is 24.2 Å². The molecule has 10 nitrogen and oxygen atoms in total. The standard InChI is InChI=1S/C25H25N5O5/c31-23(32)10-9-21(24(33)29-11-12-30-15-26-28-22(30)13-29)27-25(34)35-14-20-18-7-3-1-5-16(18)17-6-2-4-8-19(17)20/h1-8,15,20-21H,9-14H2,(H,27,34)(H,31,32). The number of carbonyl (C=O) groups excluding carboxylic acids is 2. The van der Waals surface area contributed by atoms with E-state index < -0.39 is 18.1 Å². The minimum Gasteiger partial charge on any atom is -0.481 e. The quantitative estimate of drug-likeness (QED) is 0.537. The van der Waals surface area contributed by atoms with Crippen molar-refractivity contribution in [3.8, 4) is 11.1 Å². The zero-order valence-corrected chi connectivity index (χ0v) is 19.0. The van der Waals surface area contributed by atoms with Crippen molar-refractivity contribution in [2.75, 3.05) is 13.2 Å². The summed E-state index contributed by atoms with van der Waals surface area (Å²) < 4.78 is 7.42. The van der Waals surface area contributed by atoms with Gasteiger partial charge in [0.25, 0.3) is 0 Å². The van der Waals surface area contributed by atoms with E-state index in [1.54, 1.807) is 11.2 Å². The molecule has 0 spiro atoms. The van der Waals surface area contributed by atoms with E-state index in [4.69, 9.17) is 9.84 Å². The van der Waals surface area contributed by atoms with Gasteiger partial charge in [0.2, 0.25) is 5.91 Å². The lowest BCUT2D eigenvalue weighted by Crippen LogP contribution is -2.50. The van der Waals surface area contributed by atoms with E-state index in [1.807, 2.05) is 53.1 Å². The Morgan fingerprint density at radius 2 is 1.74 bits per heavy atom. The molecule has 1 aliphatic carbocycles. The number of hydrogen-bond acceptors (Lipinski definition) is 6. The van der Waals surface area contributed by atoms with Crippen LogP contribution < -0.4 is 5.32 Å². The highest BCUT2D eigenvalue weighted by molar-refractivity contribution is 5.86. The van der Waals surface area contributed by atoms with Gasteiger partial charge in [-0.25, -0.2) is 4.79 Å².